The van der Waals surface area contributed by atoms with Gasteiger partial charge in [0.1, 0.15) is 0 Å². The molecule has 0 amide bonds. The first kappa shape index (κ1) is 14.0. The van der Waals surface area contributed by atoms with Crippen LogP contribution in [0.4, 0.5) is 0 Å². The number of rotatable bonds is 2. The second-order valence-corrected chi connectivity index (χ2v) is 5.89. The van der Waals surface area contributed by atoms with Gasteiger partial charge in [-0.2, -0.15) is 0 Å². The van der Waals surface area contributed by atoms with Gasteiger partial charge in [0.15, 0.2) is 0 Å². The molecule has 0 radical (unpaired) electrons. The second-order valence-electron chi connectivity index (χ2n) is 5.89. The van der Waals surface area contributed by atoms with Crippen LogP contribution in [0, 0.1) is 10.8 Å². The standard InChI is InChI=1S/C14H24O/c1-8-11(13(2,3)4)9-12(10-15)14(5,6)7/h8-10,15H,1H2,2-7H3/b11-9+,12-10-. The fourth-order valence-corrected chi connectivity index (χ4v) is 1.20. The number of allylic oxidation sites excluding steroid dienone is 4. The van der Waals surface area contributed by atoms with Gasteiger partial charge in [0.2, 0.25) is 0 Å². The summed E-state index contributed by atoms with van der Waals surface area (Å²) < 4.78 is 0. The van der Waals surface area contributed by atoms with Gasteiger partial charge in [0, 0.05) is 0 Å². The minimum atomic E-state index is -0.0474. The summed E-state index contributed by atoms with van der Waals surface area (Å²) in [6.45, 7) is 16.5. The van der Waals surface area contributed by atoms with Gasteiger partial charge in [-0.15, -0.1) is 0 Å². The van der Waals surface area contributed by atoms with Crippen molar-refractivity contribution in [2.75, 3.05) is 0 Å². The summed E-state index contributed by atoms with van der Waals surface area (Å²) in [5.41, 5.74) is 2.07. The van der Waals surface area contributed by atoms with Gasteiger partial charge >= 0.3 is 0 Å². The summed E-state index contributed by atoms with van der Waals surface area (Å²) in [5.74, 6) is 0. The lowest BCUT2D eigenvalue weighted by molar-refractivity contribution is 0.430. The molecule has 0 fully saturated rings. The highest BCUT2D eigenvalue weighted by Gasteiger charge is 2.19. The van der Waals surface area contributed by atoms with Gasteiger partial charge in [0.25, 0.3) is 0 Å². The highest BCUT2D eigenvalue weighted by Crippen LogP contribution is 2.32. The highest BCUT2D eigenvalue weighted by molar-refractivity contribution is 5.34. The molecule has 0 aromatic rings. The third kappa shape index (κ3) is 4.37. The smallest absolute Gasteiger partial charge is 0.0829 e. The Morgan fingerprint density at radius 2 is 1.33 bits per heavy atom. The Bertz CT molecular complexity index is 279. The van der Waals surface area contributed by atoms with Crippen molar-refractivity contribution >= 4 is 0 Å². The SMILES string of the molecule is C=C/C(=C\C(=C\O)C(C)(C)C)C(C)(C)C. The first-order valence-corrected chi connectivity index (χ1v) is 5.32. The number of aliphatic hydroxyl groups is 1. The lowest BCUT2D eigenvalue weighted by atomic mass is 9.80. The molecule has 0 aromatic heterocycles. The van der Waals surface area contributed by atoms with Crippen molar-refractivity contribution in [2.45, 2.75) is 41.5 Å². The predicted octanol–water partition coefficient (Wildman–Crippen LogP) is 4.63. The number of hydrogen-bond acceptors (Lipinski definition) is 1. The Labute approximate surface area is 94.2 Å². The largest absolute Gasteiger partial charge is 0.515 e. The quantitative estimate of drug-likeness (QED) is 0.518. The van der Waals surface area contributed by atoms with Gasteiger partial charge in [-0.25, -0.2) is 0 Å². The molecule has 0 spiro atoms. The zero-order valence-electron chi connectivity index (χ0n) is 10.9. The molecule has 0 saturated heterocycles. The molecule has 0 bridgehead atoms. The van der Waals surface area contributed by atoms with Crippen LogP contribution in [-0.2, 0) is 0 Å². The van der Waals surface area contributed by atoms with Crippen molar-refractivity contribution in [3.8, 4) is 0 Å². The number of aliphatic hydroxyl groups excluding tert-OH is 1. The molecule has 0 aromatic carbocycles. The molecule has 0 atom stereocenters. The van der Waals surface area contributed by atoms with Gasteiger partial charge in [-0.1, -0.05) is 60.3 Å². The van der Waals surface area contributed by atoms with Crippen LogP contribution >= 0.6 is 0 Å². The van der Waals surface area contributed by atoms with E-state index < -0.39 is 0 Å². The van der Waals surface area contributed by atoms with Crippen LogP contribution in [0.15, 0.2) is 36.1 Å². The lowest BCUT2D eigenvalue weighted by Gasteiger charge is -2.24. The van der Waals surface area contributed by atoms with E-state index in [1.54, 1.807) is 0 Å². The third-order valence-electron chi connectivity index (χ3n) is 2.40. The molecule has 1 nitrogen and oxygen atoms in total. The summed E-state index contributed by atoms with van der Waals surface area (Å²) in [6.07, 6.45) is 5.07. The zero-order chi connectivity index (χ0) is 12.3. The van der Waals surface area contributed by atoms with E-state index in [1.165, 1.54) is 6.26 Å². The summed E-state index contributed by atoms with van der Waals surface area (Å²) in [6, 6.07) is 0. The van der Waals surface area contributed by atoms with Crippen molar-refractivity contribution in [2.24, 2.45) is 10.8 Å². The minimum Gasteiger partial charge on any atom is -0.515 e. The van der Waals surface area contributed by atoms with E-state index in [4.69, 9.17) is 0 Å². The first-order valence-electron chi connectivity index (χ1n) is 5.32. The summed E-state index contributed by atoms with van der Waals surface area (Å²) in [4.78, 5) is 0. The Kier molecular flexibility index (Phi) is 4.39. The second kappa shape index (κ2) is 4.69. The molecule has 0 heterocycles. The fraction of sp³-hybridized carbons (Fsp3) is 0.571. The Hall–Kier alpha value is -0.980. The molecule has 0 unspecified atom stereocenters. The van der Waals surface area contributed by atoms with E-state index in [9.17, 15) is 5.11 Å². The van der Waals surface area contributed by atoms with Crippen LogP contribution in [-0.4, -0.2) is 5.11 Å². The molecule has 0 saturated carbocycles. The van der Waals surface area contributed by atoms with Crippen LogP contribution in [0.2, 0.25) is 0 Å². The Morgan fingerprint density at radius 1 is 0.933 bits per heavy atom. The van der Waals surface area contributed by atoms with Gasteiger partial charge in [-0.3, -0.25) is 0 Å². The molecular weight excluding hydrogens is 184 g/mol. The summed E-state index contributed by atoms with van der Waals surface area (Å²) >= 11 is 0. The van der Waals surface area contributed by atoms with Gasteiger partial charge in [0.05, 0.1) is 6.26 Å². The fourth-order valence-electron chi connectivity index (χ4n) is 1.20. The van der Waals surface area contributed by atoms with Gasteiger partial charge in [-0.05, 0) is 22.0 Å². The third-order valence-corrected chi connectivity index (χ3v) is 2.40. The number of hydrogen-bond donors (Lipinski definition) is 1. The topological polar surface area (TPSA) is 20.2 Å². The predicted molar refractivity (Wildman–Crippen MR) is 67.9 cm³/mol. The van der Waals surface area contributed by atoms with Crippen molar-refractivity contribution in [1.82, 2.24) is 0 Å². The van der Waals surface area contributed by atoms with E-state index in [0.717, 1.165) is 11.1 Å². The van der Waals surface area contributed by atoms with E-state index in [2.05, 4.69) is 48.1 Å². The van der Waals surface area contributed by atoms with Crippen molar-refractivity contribution in [3.05, 3.63) is 36.1 Å². The summed E-state index contributed by atoms with van der Waals surface area (Å²) in [7, 11) is 0. The minimum absolute atomic E-state index is 0.0474. The summed E-state index contributed by atoms with van der Waals surface area (Å²) in [5, 5.41) is 9.23. The molecule has 15 heavy (non-hydrogen) atoms. The van der Waals surface area contributed by atoms with Crippen molar-refractivity contribution in [3.63, 3.8) is 0 Å². The average Bonchev–Trinajstić information content (AvgIpc) is 2.01. The normalized spacial score (nSPS) is 15.3. The van der Waals surface area contributed by atoms with Gasteiger partial charge < -0.3 is 5.11 Å². The molecular formula is C14H24O. The molecule has 0 rings (SSSR count). The molecule has 1 N–H and O–H groups in total. The van der Waals surface area contributed by atoms with E-state index in [0.29, 0.717) is 0 Å². The Balaban J connectivity index is 5.26. The van der Waals surface area contributed by atoms with E-state index in [-0.39, 0.29) is 10.8 Å². The molecule has 86 valence electrons. The first-order chi connectivity index (χ1) is 6.62. The molecule has 1 heteroatoms. The maximum Gasteiger partial charge on any atom is 0.0829 e. The van der Waals surface area contributed by atoms with Crippen LogP contribution in [0.25, 0.3) is 0 Å². The molecule has 0 aliphatic carbocycles. The highest BCUT2D eigenvalue weighted by atomic mass is 16.2. The molecule has 0 aliphatic rings. The van der Waals surface area contributed by atoms with E-state index in [1.807, 2.05) is 12.2 Å². The van der Waals surface area contributed by atoms with Crippen LogP contribution in [0.3, 0.4) is 0 Å². The molecule has 0 aliphatic heterocycles. The average molecular weight is 208 g/mol. The van der Waals surface area contributed by atoms with E-state index >= 15 is 0 Å². The maximum absolute atomic E-state index is 9.23. The Morgan fingerprint density at radius 3 is 1.53 bits per heavy atom. The van der Waals surface area contributed by atoms with Crippen LogP contribution < -0.4 is 0 Å². The maximum atomic E-state index is 9.23. The zero-order valence-corrected chi connectivity index (χ0v) is 10.9. The van der Waals surface area contributed by atoms with Crippen molar-refractivity contribution < 1.29 is 5.11 Å². The van der Waals surface area contributed by atoms with Crippen molar-refractivity contribution in [1.29, 1.82) is 0 Å². The van der Waals surface area contributed by atoms with Crippen LogP contribution in [0.1, 0.15) is 41.5 Å². The van der Waals surface area contributed by atoms with Crippen LogP contribution in [0.5, 0.6) is 0 Å². The lowest BCUT2D eigenvalue weighted by Crippen LogP contribution is -2.12. The monoisotopic (exact) mass is 208 g/mol.